The van der Waals surface area contributed by atoms with Crippen molar-refractivity contribution in [2.45, 2.75) is 177 Å². The van der Waals surface area contributed by atoms with Gasteiger partial charge in [0.25, 0.3) is 0 Å². The molecule has 0 aliphatic carbocycles. The minimum Gasteiger partial charge on any atom is -0.481 e. The Morgan fingerprint density at radius 1 is 0.482 bits per heavy atom. The van der Waals surface area contributed by atoms with Crippen molar-refractivity contribution >= 4 is 82.7 Å². The average molecular weight is 1220 g/mol. The zero-order valence-electron chi connectivity index (χ0n) is 47.8. The summed E-state index contributed by atoms with van der Waals surface area (Å²) in [5, 5.41) is 14.3. The van der Waals surface area contributed by atoms with Crippen molar-refractivity contribution in [2.24, 2.45) is 17.6 Å². The smallest absolute Gasteiger partial charge is 0.338 e. The lowest BCUT2D eigenvalue weighted by atomic mass is 10.00. The minimum absolute atomic E-state index is 0. The molecule has 6 unspecified atom stereocenters. The Hall–Kier alpha value is -5.06. The molecule has 0 aromatic heterocycles. The quantitative estimate of drug-likeness (QED) is 0.00942. The molecular formula is C63H92N6O10S4. The average Bonchev–Trinajstić information content (AvgIpc) is 3.64. The maximum atomic E-state index is 14.2. The number of hydrogen-bond donors (Lipinski definition) is 7. The fraction of sp³-hybridized carbons (Fsp3) is 0.524. The number of carboxylic acid groups (broad SMARTS) is 1. The van der Waals surface area contributed by atoms with Crippen LogP contribution >= 0.6 is 47.0 Å². The molecule has 0 saturated heterocycles. The van der Waals surface area contributed by atoms with Gasteiger partial charge in [-0.25, -0.2) is 4.79 Å². The summed E-state index contributed by atoms with van der Waals surface area (Å²) in [6.07, 6.45) is 12.8. The Bertz CT molecular complexity index is 2390. The van der Waals surface area contributed by atoms with Gasteiger partial charge in [-0.2, -0.15) is 16.4 Å². The van der Waals surface area contributed by atoms with Crippen LogP contribution in [0.5, 0.6) is 0 Å². The van der Waals surface area contributed by atoms with Crippen LogP contribution in [0.4, 0.5) is 0 Å². The number of benzene rings is 4. The fourth-order valence-corrected chi connectivity index (χ4v) is 13.5. The van der Waals surface area contributed by atoms with Gasteiger partial charge < -0.3 is 36.0 Å². The highest BCUT2D eigenvalue weighted by Gasteiger charge is 2.35. The fourth-order valence-electron chi connectivity index (χ4n) is 8.44. The number of thioether (sulfide) groups is 4. The number of nitrogens with two attached hydrogens (primary N) is 1. The molecule has 83 heavy (non-hydrogen) atoms. The SMILES string of the molecule is C.CC(C(=O)O)C(CC(Sc1ccccc1)C(=O)ONCCCCCCNC(=O)C(Sc1ccccc1)C(C)C(CC(=O)ONCCCCCCNC(=O)CCCCC(=O)ONCCCCCCN)Sc1ccccc1)Sc1ccccc1. The van der Waals surface area contributed by atoms with Gasteiger partial charge in [0.15, 0.2) is 0 Å². The maximum Gasteiger partial charge on any atom is 0.338 e. The number of aliphatic carboxylic acids is 1. The first kappa shape index (κ1) is 72.2. The molecular weight excluding hydrogens is 1130 g/mol. The van der Waals surface area contributed by atoms with Gasteiger partial charge in [0.1, 0.15) is 5.25 Å². The summed E-state index contributed by atoms with van der Waals surface area (Å²) in [5.41, 5.74) is 13.9. The Kier molecular flexibility index (Phi) is 39.4. The van der Waals surface area contributed by atoms with Gasteiger partial charge in [-0.05, 0) is 119 Å². The van der Waals surface area contributed by atoms with Gasteiger partial charge >= 0.3 is 23.9 Å². The lowest BCUT2D eigenvalue weighted by molar-refractivity contribution is -0.152. The molecule has 20 heteroatoms. The molecule has 0 aliphatic rings. The van der Waals surface area contributed by atoms with Crippen LogP contribution in [0.3, 0.4) is 0 Å². The van der Waals surface area contributed by atoms with E-state index in [2.05, 4.69) is 27.1 Å². The molecule has 4 rings (SSSR count). The highest BCUT2D eigenvalue weighted by atomic mass is 32.2. The van der Waals surface area contributed by atoms with Crippen LogP contribution in [-0.2, 0) is 43.3 Å². The van der Waals surface area contributed by atoms with Crippen LogP contribution in [0.1, 0.15) is 137 Å². The second-order valence-electron chi connectivity index (χ2n) is 20.1. The van der Waals surface area contributed by atoms with Crippen LogP contribution in [0.15, 0.2) is 141 Å². The van der Waals surface area contributed by atoms with Crippen LogP contribution in [-0.4, -0.2) is 101 Å². The van der Waals surface area contributed by atoms with E-state index in [1.54, 1.807) is 18.7 Å². The first-order valence-electron chi connectivity index (χ1n) is 29.1. The second kappa shape index (κ2) is 45.3. The molecule has 0 aliphatic heterocycles. The third kappa shape index (κ3) is 32.7. The van der Waals surface area contributed by atoms with Gasteiger partial charge in [0.05, 0.1) is 17.6 Å². The summed E-state index contributed by atoms with van der Waals surface area (Å²) in [7, 11) is 0. The van der Waals surface area contributed by atoms with E-state index in [1.165, 1.54) is 35.3 Å². The Morgan fingerprint density at radius 2 is 0.904 bits per heavy atom. The van der Waals surface area contributed by atoms with Crippen LogP contribution in [0.25, 0.3) is 0 Å². The van der Waals surface area contributed by atoms with Crippen LogP contribution < -0.4 is 32.8 Å². The van der Waals surface area contributed by atoms with Gasteiger partial charge in [0.2, 0.25) is 11.8 Å². The third-order valence-electron chi connectivity index (χ3n) is 13.3. The summed E-state index contributed by atoms with van der Waals surface area (Å²) in [4.78, 5) is 97.5. The maximum absolute atomic E-state index is 14.2. The van der Waals surface area contributed by atoms with E-state index in [4.69, 9.17) is 20.2 Å². The van der Waals surface area contributed by atoms with Gasteiger partial charge in [-0.3, -0.25) is 24.0 Å². The number of hydroxylamine groups is 3. The molecule has 4 aromatic rings. The van der Waals surface area contributed by atoms with Crippen molar-refractivity contribution in [3.05, 3.63) is 121 Å². The third-order valence-corrected chi connectivity index (χ3v) is 18.8. The standard InChI is InChI=1S/C62H88N6O10S4.CH4/c1-47(54(80-50-31-15-10-16-32-50)46-58(71)77-67-43-27-7-5-24-40-64-56(69)37-21-22-38-57(70)76-66-42-26-4-3-23-39-63)59(82-52-35-19-12-20-36-52)60(72)65-41-25-6-8-28-44-68-78-62(75)55(81-51-33-17-11-18-34-51)45-53(48(2)61(73)74)79-49-29-13-9-14-30-49;/h9-20,29-36,47-48,53-55,59,66-68H,3-8,21-28,37-46,63H2,1-2H3,(H,64,69)(H,65,72)(H,73,74);1H4. The van der Waals surface area contributed by atoms with E-state index < -0.39 is 34.3 Å². The number of carbonyl (C=O) groups is 6. The Morgan fingerprint density at radius 3 is 1.41 bits per heavy atom. The Labute approximate surface area is 510 Å². The van der Waals surface area contributed by atoms with Gasteiger partial charge in [0, 0.05) is 75.6 Å². The monoisotopic (exact) mass is 1220 g/mol. The van der Waals surface area contributed by atoms with Gasteiger partial charge in [-0.1, -0.05) is 133 Å². The summed E-state index contributed by atoms with van der Waals surface area (Å²) >= 11 is 5.87. The first-order chi connectivity index (χ1) is 39.9. The number of unbranched alkanes of at least 4 members (excludes halogenated alkanes) is 10. The van der Waals surface area contributed by atoms with Crippen molar-refractivity contribution in [1.29, 1.82) is 0 Å². The van der Waals surface area contributed by atoms with E-state index in [0.29, 0.717) is 58.5 Å². The van der Waals surface area contributed by atoms with Gasteiger partial charge in [-0.15, -0.1) is 47.0 Å². The molecule has 6 atom stereocenters. The molecule has 8 N–H and O–H groups in total. The van der Waals surface area contributed by atoms with Crippen molar-refractivity contribution < 1.29 is 48.4 Å². The van der Waals surface area contributed by atoms with Crippen molar-refractivity contribution in [2.75, 3.05) is 39.3 Å². The summed E-state index contributed by atoms with van der Waals surface area (Å²) in [6, 6.07) is 38.8. The molecule has 0 heterocycles. The summed E-state index contributed by atoms with van der Waals surface area (Å²) in [5.74, 6) is -3.19. The predicted molar refractivity (Wildman–Crippen MR) is 338 cm³/mol. The number of amides is 2. The Balaban J connectivity index is 0.0000181. The van der Waals surface area contributed by atoms with Crippen molar-refractivity contribution in [3.8, 4) is 0 Å². The zero-order chi connectivity index (χ0) is 58.8. The number of hydrogen-bond acceptors (Lipinski definition) is 17. The van der Waals surface area contributed by atoms with E-state index in [0.717, 1.165) is 96.6 Å². The minimum atomic E-state index is -0.923. The number of carbonyl (C=O) groups excluding carboxylic acids is 5. The molecule has 458 valence electrons. The van der Waals surface area contributed by atoms with Crippen LogP contribution in [0.2, 0.25) is 0 Å². The summed E-state index contributed by atoms with van der Waals surface area (Å²) < 4.78 is 0. The second-order valence-corrected chi connectivity index (χ2v) is 25.2. The highest BCUT2D eigenvalue weighted by Crippen LogP contribution is 2.39. The molecule has 0 fully saturated rings. The van der Waals surface area contributed by atoms with E-state index in [1.807, 2.05) is 128 Å². The molecule has 2 amide bonds. The molecule has 0 radical (unpaired) electrons. The summed E-state index contributed by atoms with van der Waals surface area (Å²) in [6.45, 7) is 6.98. The van der Waals surface area contributed by atoms with Crippen LogP contribution in [0, 0.1) is 11.8 Å². The molecule has 0 bridgehead atoms. The first-order valence-corrected chi connectivity index (χ1v) is 32.6. The lowest BCUT2D eigenvalue weighted by Gasteiger charge is -2.29. The lowest BCUT2D eigenvalue weighted by Crippen LogP contribution is -2.41. The topological polar surface area (TPSA) is 237 Å². The van der Waals surface area contributed by atoms with E-state index >= 15 is 0 Å². The highest BCUT2D eigenvalue weighted by molar-refractivity contribution is 8.01. The molecule has 0 saturated carbocycles. The predicted octanol–water partition coefficient (Wildman–Crippen LogP) is 12.0. The number of nitrogens with one attached hydrogen (secondary N) is 5. The normalized spacial score (nSPS) is 13.2. The largest absolute Gasteiger partial charge is 0.481 e. The zero-order valence-corrected chi connectivity index (χ0v) is 51.1. The molecule has 0 spiro atoms. The van der Waals surface area contributed by atoms with Crippen molar-refractivity contribution in [1.82, 2.24) is 27.1 Å². The van der Waals surface area contributed by atoms with E-state index in [-0.39, 0.29) is 60.9 Å². The number of rotatable bonds is 46. The molecule has 4 aromatic carbocycles. The van der Waals surface area contributed by atoms with E-state index in [9.17, 15) is 33.9 Å². The number of carboxylic acids is 1. The van der Waals surface area contributed by atoms with Crippen molar-refractivity contribution in [3.63, 3.8) is 0 Å². The molecule has 16 nitrogen and oxygen atoms in total.